The van der Waals surface area contributed by atoms with Gasteiger partial charge in [-0.15, -0.1) is 0 Å². The van der Waals surface area contributed by atoms with Crippen molar-refractivity contribution < 1.29 is 17.7 Å². The van der Waals surface area contributed by atoms with Gasteiger partial charge in [0.25, 0.3) is 0 Å². The van der Waals surface area contributed by atoms with Crippen LogP contribution in [0.5, 0.6) is 0 Å². The van der Waals surface area contributed by atoms with Crippen molar-refractivity contribution >= 4 is 11.6 Å². The van der Waals surface area contributed by atoms with Crippen molar-refractivity contribution in [2.45, 2.75) is 38.2 Å². The summed E-state index contributed by atoms with van der Waals surface area (Å²) in [5.41, 5.74) is 0.188. The number of hydrogen-bond acceptors (Lipinski definition) is 3. The second-order valence-corrected chi connectivity index (χ2v) is 6.22. The molecule has 1 aromatic carbocycles. The van der Waals surface area contributed by atoms with Crippen LogP contribution in [0.2, 0.25) is 5.02 Å². The molecule has 23 heavy (non-hydrogen) atoms. The summed E-state index contributed by atoms with van der Waals surface area (Å²) in [5, 5.41) is 3.84. The quantitative estimate of drug-likeness (QED) is 0.849. The molecule has 1 aliphatic rings. The third-order valence-corrected chi connectivity index (χ3v) is 4.46. The van der Waals surface area contributed by atoms with Crippen LogP contribution in [0, 0.1) is 11.7 Å². The van der Waals surface area contributed by atoms with E-state index in [1.807, 2.05) is 0 Å². The Morgan fingerprint density at radius 3 is 2.87 bits per heavy atom. The maximum absolute atomic E-state index is 13.9. The van der Waals surface area contributed by atoms with E-state index in [4.69, 9.17) is 11.6 Å². The number of rotatable bonds is 4. The highest BCUT2D eigenvalue weighted by Gasteiger charge is 2.39. The van der Waals surface area contributed by atoms with Gasteiger partial charge in [-0.3, -0.25) is 9.09 Å². The first kappa shape index (κ1) is 16.1. The molecule has 0 aliphatic heterocycles. The fourth-order valence-electron chi connectivity index (χ4n) is 2.92. The summed E-state index contributed by atoms with van der Waals surface area (Å²) in [4.78, 5) is 11.8. The van der Waals surface area contributed by atoms with Gasteiger partial charge in [0.2, 0.25) is 5.92 Å². The molecule has 8 heteroatoms. The third kappa shape index (κ3) is 3.44. The van der Waals surface area contributed by atoms with Crippen LogP contribution in [-0.2, 0) is 13.0 Å². The number of aromatic nitrogens is 2. The van der Waals surface area contributed by atoms with Crippen molar-refractivity contribution in [1.82, 2.24) is 9.72 Å². The topological polar surface area (TPSA) is 48.0 Å². The molecule has 0 amide bonds. The van der Waals surface area contributed by atoms with Gasteiger partial charge in [0, 0.05) is 36.4 Å². The Balaban J connectivity index is 1.84. The van der Waals surface area contributed by atoms with Crippen molar-refractivity contribution in [3.05, 3.63) is 51.0 Å². The first-order chi connectivity index (χ1) is 10.9. The number of hydrogen-bond donors (Lipinski definition) is 0. The molecule has 1 aromatic heterocycles. The minimum atomic E-state index is -2.69. The molecule has 124 valence electrons. The molecule has 1 fully saturated rings. The van der Waals surface area contributed by atoms with Gasteiger partial charge in [-0.25, -0.2) is 18.0 Å². The molecule has 0 radical (unpaired) electrons. The number of halogens is 4. The summed E-state index contributed by atoms with van der Waals surface area (Å²) in [6.45, 7) is 0.0827. The summed E-state index contributed by atoms with van der Waals surface area (Å²) in [5.74, 6) is -4.11. The fourth-order valence-corrected chi connectivity index (χ4v) is 3.15. The average Bonchev–Trinajstić information content (AvgIpc) is 2.99. The molecule has 0 spiro atoms. The van der Waals surface area contributed by atoms with E-state index in [0.717, 1.165) is 0 Å². The summed E-state index contributed by atoms with van der Waals surface area (Å²) in [6, 6.07) is 4.25. The van der Waals surface area contributed by atoms with Crippen LogP contribution < -0.4 is 5.76 Å². The largest absolute Gasteiger partial charge is 0.441 e. The van der Waals surface area contributed by atoms with Gasteiger partial charge >= 0.3 is 5.76 Å². The summed E-state index contributed by atoms with van der Waals surface area (Å²) >= 11 is 5.96. The molecule has 4 nitrogen and oxygen atoms in total. The van der Waals surface area contributed by atoms with E-state index >= 15 is 0 Å². The Bertz CT molecular complexity index is 752. The van der Waals surface area contributed by atoms with Crippen molar-refractivity contribution in [2.24, 2.45) is 5.92 Å². The standard InChI is InChI=1S/C15H14ClF3N2O2/c16-11-2-1-3-12(17)10(11)6-13-20-23-14(22)21(13)8-9-4-5-15(18,19)7-9/h1-3,9H,4-8H2. The average molecular weight is 347 g/mol. The lowest BCUT2D eigenvalue weighted by molar-refractivity contribution is 0.00425. The van der Waals surface area contributed by atoms with E-state index in [1.54, 1.807) is 0 Å². The Morgan fingerprint density at radius 1 is 1.43 bits per heavy atom. The molecule has 1 atom stereocenters. The van der Waals surface area contributed by atoms with Crippen LogP contribution in [-0.4, -0.2) is 15.6 Å². The van der Waals surface area contributed by atoms with Gasteiger partial charge in [0.05, 0.1) is 0 Å². The SMILES string of the molecule is O=c1onc(Cc2c(F)cccc2Cl)n1CC1CCC(F)(F)C1. The summed E-state index contributed by atoms with van der Waals surface area (Å²) in [7, 11) is 0. The minimum absolute atomic E-state index is 0.0413. The number of nitrogens with zero attached hydrogens (tertiary/aromatic N) is 2. The van der Waals surface area contributed by atoms with Crippen molar-refractivity contribution in [2.75, 3.05) is 0 Å². The molecule has 0 N–H and O–H groups in total. The second-order valence-electron chi connectivity index (χ2n) is 5.82. The van der Waals surface area contributed by atoms with E-state index in [2.05, 4.69) is 9.68 Å². The van der Waals surface area contributed by atoms with Gasteiger partial charge in [-0.05, 0) is 24.5 Å². The zero-order chi connectivity index (χ0) is 16.6. The van der Waals surface area contributed by atoms with Crippen molar-refractivity contribution in [1.29, 1.82) is 0 Å². The predicted octanol–water partition coefficient (Wildman–Crippen LogP) is 3.66. The van der Waals surface area contributed by atoms with Gasteiger partial charge in [0.15, 0.2) is 5.82 Å². The molecule has 0 bridgehead atoms. The summed E-state index contributed by atoms with van der Waals surface area (Å²) in [6.07, 6.45) is -0.179. The second kappa shape index (κ2) is 6.03. The van der Waals surface area contributed by atoms with Crippen LogP contribution in [0.1, 0.15) is 30.7 Å². The minimum Gasteiger partial charge on any atom is -0.296 e. The van der Waals surface area contributed by atoms with E-state index in [-0.39, 0.29) is 48.1 Å². The van der Waals surface area contributed by atoms with Crippen LogP contribution in [0.3, 0.4) is 0 Å². The molecule has 1 saturated carbocycles. The molecule has 1 heterocycles. The fraction of sp³-hybridized carbons (Fsp3) is 0.467. The van der Waals surface area contributed by atoms with Crippen LogP contribution in [0.4, 0.5) is 13.2 Å². The molecule has 3 rings (SSSR count). The monoisotopic (exact) mass is 346 g/mol. The predicted molar refractivity (Wildman–Crippen MR) is 77.3 cm³/mol. The number of alkyl halides is 2. The van der Waals surface area contributed by atoms with E-state index in [9.17, 15) is 18.0 Å². The molecule has 1 unspecified atom stereocenters. The van der Waals surface area contributed by atoms with Crippen molar-refractivity contribution in [3.8, 4) is 0 Å². The van der Waals surface area contributed by atoms with E-state index < -0.39 is 17.5 Å². The highest BCUT2D eigenvalue weighted by Crippen LogP contribution is 2.39. The maximum atomic E-state index is 13.9. The Hall–Kier alpha value is -1.76. The molecule has 1 aliphatic carbocycles. The van der Waals surface area contributed by atoms with Crippen LogP contribution >= 0.6 is 11.6 Å². The Labute approximate surface area is 134 Å². The normalized spacial score (nSPS) is 20.1. The first-order valence-corrected chi connectivity index (χ1v) is 7.59. The van der Waals surface area contributed by atoms with Gasteiger partial charge in [-0.1, -0.05) is 22.8 Å². The highest BCUT2D eigenvalue weighted by molar-refractivity contribution is 6.31. The highest BCUT2D eigenvalue weighted by atomic mass is 35.5. The molecular formula is C15H14ClF3N2O2. The van der Waals surface area contributed by atoms with E-state index in [1.165, 1.54) is 22.8 Å². The van der Waals surface area contributed by atoms with E-state index in [0.29, 0.717) is 6.42 Å². The first-order valence-electron chi connectivity index (χ1n) is 7.22. The van der Waals surface area contributed by atoms with Crippen LogP contribution in [0.15, 0.2) is 27.5 Å². The third-order valence-electron chi connectivity index (χ3n) is 4.10. The number of benzene rings is 1. The Kier molecular flexibility index (Phi) is 4.23. The zero-order valence-corrected chi connectivity index (χ0v) is 12.8. The zero-order valence-electron chi connectivity index (χ0n) is 12.1. The lowest BCUT2D eigenvalue weighted by atomic mass is 10.1. The van der Waals surface area contributed by atoms with Gasteiger partial charge in [0.1, 0.15) is 5.82 Å². The van der Waals surface area contributed by atoms with Crippen molar-refractivity contribution in [3.63, 3.8) is 0 Å². The molecule has 0 saturated heterocycles. The lowest BCUT2D eigenvalue weighted by Crippen LogP contribution is -2.22. The Morgan fingerprint density at radius 2 is 2.22 bits per heavy atom. The summed E-state index contributed by atoms with van der Waals surface area (Å²) < 4.78 is 46.2. The van der Waals surface area contributed by atoms with Gasteiger partial charge < -0.3 is 0 Å². The van der Waals surface area contributed by atoms with Gasteiger partial charge in [-0.2, -0.15) is 0 Å². The maximum Gasteiger partial charge on any atom is 0.441 e. The molecule has 2 aromatic rings. The smallest absolute Gasteiger partial charge is 0.296 e. The molecular weight excluding hydrogens is 333 g/mol. The lowest BCUT2D eigenvalue weighted by Gasteiger charge is -2.12. The van der Waals surface area contributed by atoms with Crippen LogP contribution in [0.25, 0.3) is 0 Å².